The number of hydrogen-bond donors (Lipinski definition) is 0. The van der Waals surface area contributed by atoms with Crippen molar-refractivity contribution in [3.05, 3.63) is 35.0 Å². The van der Waals surface area contributed by atoms with Crippen LogP contribution in [0.5, 0.6) is 0 Å². The van der Waals surface area contributed by atoms with Gasteiger partial charge >= 0.3 is 0 Å². The summed E-state index contributed by atoms with van der Waals surface area (Å²) in [6.45, 7) is 8.61. The van der Waals surface area contributed by atoms with Crippen molar-refractivity contribution < 1.29 is 0 Å². The van der Waals surface area contributed by atoms with E-state index in [1.807, 2.05) is 52.0 Å². The summed E-state index contributed by atoms with van der Waals surface area (Å²) in [5, 5.41) is 2.05. The standard InChI is InChI=1S/C7H6N2.2C2H6/c1-2-4-7-6(3-1)8-5-9-7;2*1-2/h1-4H,5H2;2*1-2H3. The summed E-state index contributed by atoms with van der Waals surface area (Å²) in [5.74, 6) is 0. The van der Waals surface area contributed by atoms with E-state index in [2.05, 4.69) is 9.98 Å². The minimum Gasteiger partial charge on any atom is -0.260 e. The molecular weight excluding hydrogens is 160 g/mol. The van der Waals surface area contributed by atoms with Gasteiger partial charge < -0.3 is 0 Å². The van der Waals surface area contributed by atoms with Crippen LogP contribution in [0.1, 0.15) is 27.7 Å². The zero-order chi connectivity index (χ0) is 10.1. The second-order valence-corrected chi connectivity index (χ2v) is 1.95. The summed E-state index contributed by atoms with van der Waals surface area (Å²) < 4.78 is 0. The first kappa shape index (κ1) is 11.8. The lowest BCUT2D eigenvalue weighted by Gasteiger charge is -1.76. The fourth-order valence-electron chi connectivity index (χ4n) is 0.919. The average Bonchev–Trinajstić information content (AvgIpc) is 2.71. The maximum Gasteiger partial charge on any atom is 0.130 e. The highest BCUT2D eigenvalue weighted by molar-refractivity contribution is 5.02. The number of hydrogen-bond acceptors (Lipinski definition) is 2. The van der Waals surface area contributed by atoms with Crippen molar-refractivity contribution in [2.24, 2.45) is 9.98 Å². The third kappa shape index (κ3) is 3.36. The van der Waals surface area contributed by atoms with E-state index in [-0.39, 0.29) is 0 Å². The van der Waals surface area contributed by atoms with Crippen LogP contribution in [0.15, 0.2) is 34.3 Å². The zero-order valence-electron chi connectivity index (χ0n) is 8.91. The number of nitrogens with zero attached hydrogens (tertiary/aromatic N) is 2. The van der Waals surface area contributed by atoms with E-state index in [0.29, 0.717) is 6.67 Å². The van der Waals surface area contributed by atoms with E-state index < -0.39 is 0 Å². The Hall–Kier alpha value is -1.18. The number of fused-ring (bicyclic) bond motifs is 1. The smallest absolute Gasteiger partial charge is 0.130 e. The van der Waals surface area contributed by atoms with Crippen LogP contribution in [0.25, 0.3) is 0 Å². The maximum absolute atomic E-state index is 4.13. The third-order valence-corrected chi connectivity index (χ3v) is 1.36. The van der Waals surface area contributed by atoms with Gasteiger partial charge in [-0.1, -0.05) is 39.8 Å². The Balaban J connectivity index is 0.000000322. The Morgan fingerprint density at radius 1 is 0.846 bits per heavy atom. The average molecular weight is 178 g/mol. The van der Waals surface area contributed by atoms with Crippen LogP contribution < -0.4 is 10.7 Å². The predicted octanol–water partition coefficient (Wildman–Crippen LogP) is 1.95. The van der Waals surface area contributed by atoms with E-state index in [0.717, 1.165) is 10.7 Å². The minimum absolute atomic E-state index is 0.610. The van der Waals surface area contributed by atoms with Gasteiger partial charge in [0.2, 0.25) is 0 Å². The highest BCUT2D eigenvalue weighted by Crippen LogP contribution is 1.77. The monoisotopic (exact) mass is 178 g/mol. The van der Waals surface area contributed by atoms with Gasteiger partial charge in [-0.25, -0.2) is 0 Å². The SMILES string of the molecule is CC.CC.c1ccc2c(c1)=NCN=2. The molecule has 1 aliphatic rings. The highest BCUT2D eigenvalue weighted by Gasteiger charge is 1.90. The van der Waals surface area contributed by atoms with Crippen molar-refractivity contribution in [2.45, 2.75) is 27.7 Å². The molecule has 0 atom stereocenters. The molecule has 0 radical (unpaired) electrons. The summed E-state index contributed by atoms with van der Waals surface area (Å²) in [6, 6.07) is 7.91. The molecule has 1 aromatic carbocycles. The first-order valence-corrected chi connectivity index (χ1v) is 4.91. The van der Waals surface area contributed by atoms with Crippen LogP contribution >= 0.6 is 0 Å². The molecular formula is C11H18N2. The van der Waals surface area contributed by atoms with Gasteiger partial charge in [0.25, 0.3) is 0 Å². The molecule has 72 valence electrons. The molecule has 1 aromatic rings. The van der Waals surface area contributed by atoms with Crippen LogP contribution in [0.2, 0.25) is 0 Å². The molecule has 2 heteroatoms. The molecule has 0 amide bonds. The Bertz CT molecular complexity index is 295. The van der Waals surface area contributed by atoms with Crippen LogP contribution in [0.3, 0.4) is 0 Å². The van der Waals surface area contributed by atoms with Gasteiger partial charge in [-0.05, 0) is 12.1 Å². The molecule has 0 spiro atoms. The van der Waals surface area contributed by atoms with Crippen molar-refractivity contribution in [1.29, 1.82) is 0 Å². The highest BCUT2D eigenvalue weighted by atomic mass is 15.0. The second kappa shape index (κ2) is 7.47. The molecule has 0 N–H and O–H groups in total. The van der Waals surface area contributed by atoms with Crippen LogP contribution in [0, 0.1) is 0 Å². The molecule has 13 heavy (non-hydrogen) atoms. The lowest BCUT2D eigenvalue weighted by molar-refractivity contribution is 1.06. The van der Waals surface area contributed by atoms with E-state index >= 15 is 0 Å². The van der Waals surface area contributed by atoms with Gasteiger partial charge in [-0.15, -0.1) is 0 Å². The zero-order valence-corrected chi connectivity index (χ0v) is 8.91. The van der Waals surface area contributed by atoms with Gasteiger partial charge in [-0.2, -0.15) is 0 Å². The summed E-state index contributed by atoms with van der Waals surface area (Å²) in [7, 11) is 0. The van der Waals surface area contributed by atoms with Gasteiger partial charge in [-0.3, -0.25) is 9.98 Å². The van der Waals surface area contributed by atoms with Crippen molar-refractivity contribution in [1.82, 2.24) is 0 Å². The lowest BCUT2D eigenvalue weighted by Crippen LogP contribution is -2.19. The van der Waals surface area contributed by atoms with E-state index in [9.17, 15) is 0 Å². The summed E-state index contributed by atoms with van der Waals surface area (Å²) >= 11 is 0. The van der Waals surface area contributed by atoms with Crippen molar-refractivity contribution >= 4 is 0 Å². The molecule has 0 fully saturated rings. The molecule has 2 rings (SSSR count). The Morgan fingerprint density at radius 2 is 1.23 bits per heavy atom. The second-order valence-electron chi connectivity index (χ2n) is 1.95. The van der Waals surface area contributed by atoms with Gasteiger partial charge in [0.1, 0.15) is 6.67 Å². The predicted molar refractivity (Wildman–Crippen MR) is 56.3 cm³/mol. The van der Waals surface area contributed by atoms with E-state index in [1.54, 1.807) is 0 Å². The maximum atomic E-state index is 4.13. The summed E-state index contributed by atoms with van der Waals surface area (Å²) in [5.41, 5.74) is 0. The molecule has 0 bridgehead atoms. The van der Waals surface area contributed by atoms with Crippen LogP contribution in [-0.2, 0) is 0 Å². The van der Waals surface area contributed by atoms with Gasteiger partial charge in [0, 0.05) is 0 Å². The molecule has 0 saturated heterocycles. The number of para-hydroxylation sites is 2. The van der Waals surface area contributed by atoms with Crippen molar-refractivity contribution in [3.8, 4) is 0 Å². The summed E-state index contributed by atoms with van der Waals surface area (Å²) in [4.78, 5) is 8.27. The molecule has 0 saturated carbocycles. The van der Waals surface area contributed by atoms with Crippen molar-refractivity contribution in [2.75, 3.05) is 6.67 Å². The fourth-order valence-corrected chi connectivity index (χ4v) is 0.919. The number of benzene rings is 1. The van der Waals surface area contributed by atoms with E-state index in [1.165, 1.54) is 0 Å². The Kier molecular flexibility index (Phi) is 6.79. The van der Waals surface area contributed by atoms with Crippen molar-refractivity contribution in [3.63, 3.8) is 0 Å². The molecule has 0 aliphatic carbocycles. The van der Waals surface area contributed by atoms with Gasteiger partial charge in [0.05, 0.1) is 10.7 Å². The normalized spacial score (nSPS) is 10.5. The van der Waals surface area contributed by atoms with Crippen LogP contribution in [-0.4, -0.2) is 6.67 Å². The molecule has 1 aliphatic heterocycles. The van der Waals surface area contributed by atoms with E-state index in [4.69, 9.17) is 0 Å². The van der Waals surface area contributed by atoms with Crippen LogP contribution in [0.4, 0.5) is 0 Å². The minimum atomic E-state index is 0.610. The topological polar surface area (TPSA) is 24.7 Å². The Labute approximate surface area is 80.1 Å². The van der Waals surface area contributed by atoms with Gasteiger partial charge in [0.15, 0.2) is 0 Å². The molecule has 0 aromatic heterocycles. The first-order valence-electron chi connectivity index (χ1n) is 4.91. The quantitative estimate of drug-likeness (QED) is 0.580. The lowest BCUT2D eigenvalue weighted by atomic mass is 10.3. The Morgan fingerprint density at radius 3 is 1.62 bits per heavy atom. The fraction of sp³-hybridized carbons (Fsp3) is 0.455. The summed E-state index contributed by atoms with van der Waals surface area (Å²) in [6.07, 6.45) is 0. The molecule has 1 heterocycles. The third-order valence-electron chi connectivity index (χ3n) is 1.36. The molecule has 2 nitrogen and oxygen atoms in total. The first-order chi connectivity index (χ1) is 6.47. The largest absolute Gasteiger partial charge is 0.260 e. The number of rotatable bonds is 0. The molecule has 0 unspecified atom stereocenters.